The van der Waals surface area contributed by atoms with Gasteiger partial charge >= 0.3 is 0 Å². The Hall–Kier alpha value is -0.760. The second kappa shape index (κ2) is 4.65. The highest BCUT2D eigenvalue weighted by molar-refractivity contribution is 5.05. The van der Waals surface area contributed by atoms with E-state index in [1.165, 1.54) is 37.9 Å². The molecule has 1 aromatic heterocycles. The quantitative estimate of drug-likeness (QED) is 0.708. The minimum atomic E-state index is 1.01. The molecular weight excluding hydrogens is 172 g/mol. The van der Waals surface area contributed by atoms with Crippen LogP contribution < -0.4 is 5.32 Å². The van der Waals surface area contributed by atoms with Crippen molar-refractivity contribution in [2.75, 3.05) is 6.54 Å². The van der Waals surface area contributed by atoms with Crippen molar-refractivity contribution in [3.05, 3.63) is 24.0 Å². The van der Waals surface area contributed by atoms with Crippen molar-refractivity contribution < 1.29 is 0 Å². The fraction of sp³-hybridized carbons (Fsp3) is 0.667. The molecule has 78 valence electrons. The van der Waals surface area contributed by atoms with Gasteiger partial charge in [-0.15, -0.1) is 0 Å². The molecule has 0 atom stereocenters. The van der Waals surface area contributed by atoms with Crippen LogP contribution in [-0.4, -0.2) is 11.1 Å². The van der Waals surface area contributed by atoms with Gasteiger partial charge in [0.25, 0.3) is 0 Å². The Labute approximate surface area is 86.3 Å². The minimum Gasteiger partial charge on any atom is -0.353 e. The molecular formula is C12H20N2. The van der Waals surface area contributed by atoms with Gasteiger partial charge in [0.15, 0.2) is 0 Å². The number of nitrogens with zero attached hydrogens (tertiary/aromatic N) is 1. The van der Waals surface area contributed by atoms with Crippen molar-refractivity contribution in [1.82, 2.24) is 9.88 Å². The van der Waals surface area contributed by atoms with Crippen LogP contribution in [-0.2, 0) is 13.6 Å². The molecule has 1 heterocycles. The Morgan fingerprint density at radius 2 is 2.36 bits per heavy atom. The van der Waals surface area contributed by atoms with Crippen LogP contribution in [0.15, 0.2) is 18.3 Å². The van der Waals surface area contributed by atoms with Gasteiger partial charge in [-0.3, -0.25) is 0 Å². The van der Waals surface area contributed by atoms with Crippen LogP contribution in [0.1, 0.15) is 31.4 Å². The highest BCUT2D eigenvalue weighted by Gasteiger charge is 2.16. The molecule has 1 aliphatic carbocycles. The smallest absolute Gasteiger partial charge is 0.0359 e. The van der Waals surface area contributed by atoms with Crippen LogP contribution in [0, 0.1) is 5.92 Å². The lowest BCUT2D eigenvalue weighted by Gasteiger charge is -2.25. The number of hydrogen-bond donors (Lipinski definition) is 1. The SMILES string of the molecule is Cn1cccc1CNCCC1CCC1. The molecule has 1 aromatic rings. The average Bonchev–Trinajstić information content (AvgIpc) is 2.48. The number of rotatable bonds is 5. The highest BCUT2D eigenvalue weighted by atomic mass is 15.0. The van der Waals surface area contributed by atoms with Gasteiger partial charge in [-0.25, -0.2) is 0 Å². The van der Waals surface area contributed by atoms with Gasteiger partial charge in [-0.2, -0.15) is 0 Å². The van der Waals surface area contributed by atoms with Crippen molar-refractivity contribution in [3.63, 3.8) is 0 Å². The summed E-state index contributed by atoms with van der Waals surface area (Å²) in [6.45, 7) is 2.19. The van der Waals surface area contributed by atoms with Crippen LogP contribution in [0.4, 0.5) is 0 Å². The predicted molar refractivity (Wildman–Crippen MR) is 59.1 cm³/mol. The summed E-state index contributed by atoms with van der Waals surface area (Å²) >= 11 is 0. The topological polar surface area (TPSA) is 17.0 Å². The maximum atomic E-state index is 3.51. The summed E-state index contributed by atoms with van der Waals surface area (Å²) in [5, 5.41) is 3.51. The Morgan fingerprint density at radius 3 is 2.93 bits per heavy atom. The first-order chi connectivity index (χ1) is 6.86. The van der Waals surface area contributed by atoms with Gasteiger partial charge in [0.2, 0.25) is 0 Å². The molecule has 0 saturated heterocycles. The maximum absolute atomic E-state index is 3.51. The van der Waals surface area contributed by atoms with Crippen molar-refractivity contribution in [1.29, 1.82) is 0 Å². The number of nitrogens with one attached hydrogen (secondary N) is 1. The molecule has 1 N–H and O–H groups in total. The van der Waals surface area contributed by atoms with Crippen molar-refractivity contribution in [2.24, 2.45) is 13.0 Å². The van der Waals surface area contributed by atoms with Crippen LogP contribution in [0.5, 0.6) is 0 Å². The van der Waals surface area contributed by atoms with Gasteiger partial charge < -0.3 is 9.88 Å². The molecule has 1 fully saturated rings. The predicted octanol–water partition coefficient (Wildman–Crippen LogP) is 2.30. The van der Waals surface area contributed by atoms with E-state index in [2.05, 4.69) is 35.3 Å². The van der Waals surface area contributed by atoms with Crippen molar-refractivity contribution in [3.8, 4) is 0 Å². The summed E-state index contributed by atoms with van der Waals surface area (Å²) in [7, 11) is 2.10. The summed E-state index contributed by atoms with van der Waals surface area (Å²) in [5.74, 6) is 1.02. The third kappa shape index (κ3) is 2.38. The molecule has 0 spiro atoms. The summed E-state index contributed by atoms with van der Waals surface area (Å²) in [4.78, 5) is 0. The molecule has 1 aliphatic rings. The minimum absolute atomic E-state index is 1.01. The van der Waals surface area contributed by atoms with E-state index in [0.29, 0.717) is 0 Å². The van der Waals surface area contributed by atoms with Gasteiger partial charge in [0, 0.05) is 25.5 Å². The van der Waals surface area contributed by atoms with Crippen LogP contribution in [0.25, 0.3) is 0 Å². The van der Waals surface area contributed by atoms with Gasteiger partial charge in [-0.05, 0) is 31.0 Å². The second-order valence-electron chi connectivity index (χ2n) is 4.37. The monoisotopic (exact) mass is 192 g/mol. The van der Waals surface area contributed by atoms with Gasteiger partial charge in [0.05, 0.1) is 0 Å². The summed E-state index contributed by atoms with van der Waals surface area (Å²) < 4.78 is 2.18. The molecule has 0 unspecified atom stereocenters. The fourth-order valence-corrected chi connectivity index (χ4v) is 1.98. The van der Waals surface area contributed by atoms with E-state index in [-0.39, 0.29) is 0 Å². The van der Waals surface area contributed by atoms with Crippen molar-refractivity contribution >= 4 is 0 Å². The molecule has 0 amide bonds. The molecule has 1 saturated carbocycles. The van der Waals surface area contributed by atoms with E-state index in [1.54, 1.807) is 0 Å². The van der Waals surface area contributed by atoms with Crippen molar-refractivity contribution in [2.45, 2.75) is 32.2 Å². The van der Waals surface area contributed by atoms with E-state index in [9.17, 15) is 0 Å². The zero-order chi connectivity index (χ0) is 9.80. The Morgan fingerprint density at radius 1 is 1.50 bits per heavy atom. The van der Waals surface area contributed by atoms with Crippen LogP contribution in [0.2, 0.25) is 0 Å². The van der Waals surface area contributed by atoms with E-state index < -0.39 is 0 Å². The lowest BCUT2D eigenvalue weighted by molar-refractivity contribution is 0.292. The maximum Gasteiger partial charge on any atom is 0.0359 e. The Bertz CT molecular complexity index is 274. The van der Waals surface area contributed by atoms with Crippen LogP contribution in [0.3, 0.4) is 0 Å². The van der Waals surface area contributed by atoms with Gasteiger partial charge in [-0.1, -0.05) is 19.3 Å². The first-order valence-corrected chi connectivity index (χ1v) is 5.67. The van der Waals surface area contributed by atoms with Gasteiger partial charge in [0.1, 0.15) is 0 Å². The van der Waals surface area contributed by atoms with E-state index in [4.69, 9.17) is 0 Å². The lowest BCUT2D eigenvalue weighted by Crippen LogP contribution is -2.21. The first kappa shape index (κ1) is 9.78. The second-order valence-corrected chi connectivity index (χ2v) is 4.37. The van der Waals surface area contributed by atoms with E-state index >= 15 is 0 Å². The summed E-state index contributed by atoms with van der Waals surface area (Å²) in [6.07, 6.45) is 7.85. The molecule has 2 rings (SSSR count). The number of aromatic nitrogens is 1. The Balaban J connectivity index is 1.60. The lowest BCUT2D eigenvalue weighted by atomic mass is 9.83. The molecule has 0 bridgehead atoms. The largest absolute Gasteiger partial charge is 0.353 e. The highest BCUT2D eigenvalue weighted by Crippen LogP contribution is 2.28. The summed E-state index contributed by atoms with van der Waals surface area (Å²) in [6, 6.07) is 4.28. The molecule has 14 heavy (non-hydrogen) atoms. The average molecular weight is 192 g/mol. The first-order valence-electron chi connectivity index (χ1n) is 5.67. The Kier molecular flexibility index (Phi) is 3.25. The van der Waals surface area contributed by atoms with Crippen LogP contribution >= 0.6 is 0 Å². The standard InChI is InChI=1S/C12H20N2/c1-14-9-3-6-12(14)10-13-8-7-11-4-2-5-11/h3,6,9,11,13H,2,4-5,7-8,10H2,1H3. The third-order valence-electron chi connectivity index (χ3n) is 3.31. The number of hydrogen-bond acceptors (Lipinski definition) is 1. The molecule has 0 aliphatic heterocycles. The molecule has 0 aromatic carbocycles. The number of aryl methyl sites for hydroxylation is 1. The molecule has 2 nitrogen and oxygen atoms in total. The third-order valence-corrected chi connectivity index (χ3v) is 3.31. The fourth-order valence-electron chi connectivity index (χ4n) is 1.98. The zero-order valence-corrected chi connectivity index (χ0v) is 9.00. The van der Waals surface area contributed by atoms with E-state index in [0.717, 1.165) is 12.5 Å². The summed E-state index contributed by atoms with van der Waals surface area (Å²) in [5.41, 5.74) is 1.37. The normalized spacial score (nSPS) is 16.9. The van der Waals surface area contributed by atoms with E-state index in [1.807, 2.05) is 0 Å². The molecule has 2 heteroatoms. The zero-order valence-electron chi connectivity index (χ0n) is 9.00. The molecule has 0 radical (unpaired) electrons.